The Labute approximate surface area is 119 Å². The maximum Gasteiger partial charge on any atom is 0.306 e. The van der Waals surface area contributed by atoms with Gasteiger partial charge in [-0.05, 0) is 32.9 Å². The molecule has 6 heteroatoms. The highest BCUT2D eigenvalue weighted by Gasteiger charge is 2.25. The minimum absolute atomic E-state index is 0.0523. The molecule has 1 aliphatic rings. The molecule has 1 amide bonds. The first kappa shape index (κ1) is 16.6. The number of ketones is 1. The molecule has 0 radical (unpaired) electrons. The zero-order valence-electron chi connectivity index (χ0n) is 12.3. The van der Waals surface area contributed by atoms with Crippen molar-refractivity contribution in [3.05, 3.63) is 0 Å². The molecule has 1 saturated heterocycles. The average molecular weight is 284 g/mol. The Morgan fingerprint density at radius 2 is 1.85 bits per heavy atom. The minimum Gasteiger partial charge on any atom is -0.466 e. The van der Waals surface area contributed by atoms with Gasteiger partial charge in [0.25, 0.3) is 0 Å². The monoisotopic (exact) mass is 284 g/mol. The first-order valence-electron chi connectivity index (χ1n) is 7.18. The molecule has 1 N–H and O–H groups in total. The zero-order valence-corrected chi connectivity index (χ0v) is 12.3. The smallest absolute Gasteiger partial charge is 0.306 e. The maximum absolute atomic E-state index is 11.8. The van der Waals surface area contributed by atoms with Crippen LogP contribution in [0.3, 0.4) is 0 Å². The predicted octanol–water partition coefficient (Wildman–Crippen LogP) is 0.357. The summed E-state index contributed by atoms with van der Waals surface area (Å²) in [5.74, 6) is -0.125. The predicted molar refractivity (Wildman–Crippen MR) is 74.1 cm³/mol. The Balaban J connectivity index is 2.21. The molecule has 1 fully saturated rings. The lowest BCUT2D eigenvalue weighted by atomic mass is 9.96. The number of Topliss-reactive ketones (excluding diaryl/α,β-unsaturated/α-hetero) is 1. The average Bonchev–Trinajstić information content (AvgIpc) is 2.45. The van der Waals surface area contributed by atoms with Crippen molar-refractivity contribution >= 4 is 17.7 Å². The van der Waals surface area contributed by atoms with E-state index in [9.17, 15) is 14.4 Å². The molecule has 0 unspecified atom stereocenters. The van der Waals surface area contributed by atoms with Gasteiger partial charge in [-0.25, -0.2) is 0 Å². The van der Waals surface area contributed by atoms with E-state index >= 15 is 0 Å². The van der Waals surface area contributed by atoms with Gasteiger partial charge in [0.1, 0.15) is 5.78 Å². The lowest BCUT2D eigenvalue weighted by molar-refractivity contribution is -0.144. The van der Waals surface area contributed by atoms with Gasteiger partial charge >= 0.3 is 5.97 Å². The van der Waals surface area contributed by atoms with Gasteiger partial charge in [-0.15, -0.1) is 0 Å². The van der Waals surface area contributed by atoms with Gasteiger partial charge in [0.05, 0.1) is 19.6 Å². The van der Waals surface area contributed by atoms with Crippen LogP contribution in [0.2, 0.25) is 0 Å². The molecule has 0 atom stereocenters. The Hall–Kier alpha value is -1.43. The molecule has 114 valence electrons. The van der Waals surface area contributed by atoms with Crippen molar-refractivity contribution in [3.8, 4) is 0 Å². The van der Waals surface area contributed by atoms with Crippen molar-refractivity contribution in [2.24, 2.45) is 5.92 Å². The molecular weight excluding hydrogens is 260 g/mol. The summed E-state index contributed by atoms with van der Waals surface area (Å²) in [5.41, 5.74) is 0. The molecule has 0 aliphatic carbocycles. The quantitative estimate of drug-likeness (QED) is 0.683. The highest BCUT2D eigenvalue weighted by Crippen LogP contribution is 2.17. The number of hydrogen-bond donors (Lipinski definition) is 1. The fourth-order valence-electron chi connectivity index (χ4n) is 2.36. The van der Waals surface area contributed by atoms with Crippen molar-refractivity contribution in [1.29, 1.82) is 0 Å². The van der Waals surface area contributed by atoms with Gasteiger partial charge in [0.15, 0.2) is 0 Å². The second-order valence-corrected chi connectivity index (χ2v) is 5.01. The first-order chi connectivity index (χ1) is 9.56. The summed E-state index contributed by atoms with van der Waals surface area (Å²) in [7, 11) is 1.65. The van der Waals surface area contributed by atoms with Crippen LogP contribution in [0, 0.1) is 5.92 Å². The number of piperidine rings is 1. The molecule has 20 heavy (non-hydrogen) atoms. The van der Waals surface area contributed by atoms with Crippen LogP contribution < -0.4 is 5.32 Å². The van der Waals surface area contributed by atoms with Crippen LogP contribution >= 0.6 is 0 Å². The molecule has 0 spiro atoms. The van der Waals surface area contributed by atoms with Crippen LogP contribution in [-0.2, 0) is 19.1 Å². The summed E-state index contributed by atoms with van der Waals surface area (Å²) in [6, 6.07) is 0. The summed E-state index contributed by atoms with van der Waals surface area (Å²) >= 11 is 0. The van der Waals surface area contributed by atoms with Crippen molar-refractivity contribution in [1.82, 2.24) is 10.2 Å². The Morgan fingerprint density at radius 3 is 2.40 bits per heavy atom. The highest BCUT2D eigenvalue weighted by atomic mass is 16.5. The molecule has 6 nitrogen and oxygen atoms in total. The third-order valence-electron chi connectivity index (χ3n) is 3.52. The summed E-state index contributed by atoms with van der Waals surface area (Å²) in [4.78, 5) is 36.5. The lowest BCUT2D eigenvalue weighted by Crippen LogP contribution is -2.41. The molecule has 0 aromatic rings. The van der Waals surface area contributed by atoms with Gasteiger partial charge in [-0.1, -0.05) is 0 Å². The number of carbonyl (C=O) groups is 3. The van der Waals surface area contributed by atoms with Crippen LogP contribution in [0.15, 0.2) is 0 Å². The Morgan fingerprint density at radius 1 is 1.20 bits per heavy atom. The normalized spacial score (nSPS) is 16.7. The van der Waals surface area contributed by atoms with Crippen LogP contribution in [0.1, 0.15) is 32.6 Å². The van der Waals surface area contributed by atoms with Crippen LogP contribution in [-0.4, -0.2) is 55.8 Å². The number of esters is 1. The molecule has 0 aromatic carbocycles. The number of likely N-dealkylation sites (tertiary alicyclic amines) is 1. The van der Waals surface area contributed by atoms with E-state index in [4.69, 9.17) is 4.74 Å². The number of ether oxygens (including phenoxy) is 1. The standard InChI is InChI=1S/C14H24N2O4/c1-3-20-13(18)5-4-12(17)10-16-8-6-11(7-9-16)14(19)15-2/h11H,3-10H2,1-2H3,(H,15,19). The van der Waals surface area contributed by atoms with E-state index in [0.717, 1.165) is 25.9 Å². The summed E-state index contributed by atoms with van der Waals surface area (Å²) in [5, 5.41) is 2.66. The van der Waals surface area contributed by atoms with Gasteiger partial charge < -0.3 is 10.1 Å². The van der Waals surface area contributed by atoms with E-state index < -0.39 is 0 Å². The van der Waals surface area contributed by atoms with E-state index in [-0.39, 0.29) is 36.4 Å². The van der Waals surface area contributed by atoms with Crippen molar-refractivity contribution in [2.45, 2.75) is 32.6 Å². The lowest BCUT2D eigenvalue weighted by Gasteiger charge is -2.30. The van der Waals surface area contributed by atoms with E-state index in [2.05, 4.69) is 5.32 Å². The van der Waals surface area contributed by atoms with E-state index in [1.54, 1.807) is 14.0 Å². The molecule has 0 aromatic heterocycles. The van der Waals surface area contributed by atoms with Crippen LogP contribution in [0.25, 0.3) is 0 Å². The molecule has 1 rings (SSSR count). The number of nitrogens with one attached hydrogen (secondary N) is 1. The Bertz CT molecular complexity index is 349. The Kier molecular flexibility index (Phi) is 7.22. The summed E-state index contributed by atoms with van der Waals surface area (Å²) < 4.78 is 4.79. The van der Waals surface area contributed by atoms with Crippen molar-refractivity contribution in [3.63, 3.8) is 0 Å². The van der Waals surface area contributed by atoms with E-state index in [1.807, 2.05) is 4.90 Å². The van der Waals surface area contributed by atoms with Crippen molar-refractivity contribution < 1.29 is 19.1 Å². The summed E-state index contributed by atoms with van der Waals surface area (Å²) in [6.07, 6.45) is 1.95. The van der Waals surface area contributed by atoms with Crippen LogP contribution in [0.5, 0.6) is 0 Å². The minimum atomic E-state index is -0.320. The van der Waals surface area contributed by atoms with Crippen molar-refractivity contribution in [2.75, 3.05) is 33.3 Å². The third-order valence-corrected chi connectivity index (χ3v) is 3.52. The van der Waals surface area contributed by atoms with Gasteiger partial charge in [-0.2, -0.15) is 0 Å². The second-order valence-electron chi connectivity index (χ2n) is 5.01. The van der Waals surface area contributed by atoms with Gasteiger partial charge in [0, 0.05) is 19.4 Å². The van der Waals surface area contributed by atoms with Gasteiger partial charge in [0.2, 0.25) is 5.91 Å². The molecule has 0 bridgehead atoms. The number of carbonyl (C=O) groups excluding carboxylic acids is 3. The topological polar surface area (TPSA) is 75.7 Å². The fourth-order valence-corrected chi connectivity index (χ4v) is 2.36. The number of nitrogens with zero attached hydrogens (tertiary/aromatic N) is 1. The molecule has 1 aliphatic heterocycles. The largest absolute Gasteiger partial charge is 0.466 e. The second kappa shape index (κ2) is 8.68. The molecule has 1 heterocycles. The maximum atomic E-state index is 11.8. The highest BCUT2D eigenvalue weighted by molar-refractivity contribution is 5.84. The van der Waals surface area contributed by atoms with Crippen LogP contribution in [0.4, 0.5) is 0 Å². The number of rotatable bonds is 7. The molecular formula is C14H24N2O4. The first-order valence-corrected chi connectivity index (χ1v) is 7.18. The third kappa shape index (κ3) is 5.69. The van der Waals surface area contributed by atoms with E-state index in [1.165, 1.54) is 0 Å². The zero-order chi connectivity index (χ0) is 15.0. The SMILES string of the molecule is CCOC(=O)CCC(=O)CN1CCC(C(=O)NC)CC1. The number of hydrogen-bond acceptors (Lipinski definition) is 5. The molecule has 0 saturated carbocycles. The summed E-state index contributed by atoms with van der Waals surface area (Å²) in [6.45, 7) is 3.96. The fraction of sp³-hybridized carbons (Fsp3) is 0.786. The van der Waals surface area contributed by atoms with E-state index in [0.29, 0.717) is 13.2 Å². The van der Waals surface area contributed by atoms with Gasteiger partial charge in [-0.3, -0.25) is 19.3 Å². The number of amides is 1.